The number of ether oxygens (including phenoxy) is 1. The molecule has 0 rings (SSSR count). The second-order valence-corrected chi connectivity index (χ2v) is 3.58. The first kappa shape index (κ1) is 10.3. The molecular weight excluding hydrogens is 136 g/mol. The van der Waals surface area contributed by atoms with Gasteiger partial charge in [-0.15, -0.1) is 0 Å². The summed E-state index contributed by atoms with van der Waals surface area (Å²) in [5.74, 6) is 0.764. The van der Waals surface area contributed by atoms with Gasteiger partial charge >= 0.3 is 0 Å². The fraction of sp³-hybridized carbons (Fsp3) is 0.600. The van der Waals surface area contributed by atoms with Crippen LogP contribution in [0, 0.1) is 5.41 Å². The van der Waals surface area contributed by atoms with Crippen LogP contribution in [-0.2, 0) is 4.74 Å². The summed E-state index contributed by atoms with van der Waals surface area (Å²) in [6.07, 6.45) is 2.05. The van der Waals surface area contributed by atoms with E-state index in [2.05, 4.69) is 27.4 Å². The predicted molar refractivity (Wildman–Crippen MR) is 49.4 cm³/mol. The maximum absolute atomic E-state index is 5.07. The van der Waals surface area contributed by atoms with E-state index in [9.17, 15) is 0 Å². The first-order valence-corrected chi connectivity index (χ1v) is 3.83. The SMILES string of the molecule is C=C(OC)C(=CC)C(C)(C)C. The van der Waals surface area contributed by atoms with Crippen LogP contribution in [0.4, 0.5) is 0 Å². The molecule has 0 fully saturated rings. The molecule has 0 aromatic rings. The van der Waals surface area contributed by atoms with Gasteiger partial charge in [-0.2, -0.15) is 0 Å². The Bertz CT molecular complexity index is 170. The Morgan fingerprint density at radius 3 is 1.91 bits per heavy atom. The predicted octanol–water partition coefficient (Wildman–Crippen LogP) is 3.14. The van der Waals surface area contributed by atoms with Gasteiger partial charge in [0.2, 0.25) is 0 Å². The van der Waals surface area contributed by atoms with E-state index >= 15 is 0 Å². The first-order chi connectivity index (χ1) is 4.93. The second-order valence-electron chi connectivity index (χ2n) is 3.58. The Kier molecular flexibility index (Phi) is 3.37. The summed E-state index contributed by atoms with van der Waals surface area (Å²) in [4.78, 5) is 0. The molecule has 0 bridgehead atoms. The molecule has 0 saturated carbocycles. The third-order valence-corrected chi connectivity index (χ3v) is 1.64. The van der Waals surface area contributed by atoms with Gasteiger partial charge in [-0.25, -0.2) is 0 Å². The second kappa shape index (κ2) is 3.61. The molecule has 0 N–H and O–H groups in total. The average Bonchev–Trinajstić information content (AvgIpc) is 1.86. The van der Waals surface area contributed by atoms with E-state index in [0.29, 0.717) is 0 Å². The Balaban J connectivity index is 4.58. The maximum atomic E-state index is 5.07. The monoisotopic (exact) mass is 154 g/mol. The van der Waals surface area contributed by atoms with Crippen molar-refractivity contribution in [1.29, 1.82) is 0 Å². The van der Waals surface area contributed by atoms with Crippen molar-refractivity contribution in [2.45, 2.75) is 27.7 Å². The van der Waals surface area contributed by atoms with Crippen LogP contribution < -0.4 is 0 Å². The summed E-state index contributed by atoms with van der Waals surface area (Å²) in [6.45, 7) is 12.3. The van der Waals surface area contributed by atoms with Crippen LogP contribution in [-0.4, -0.2) is 7.11 Å². The standard InChI is InChI=1S/C10H18O/c1-7-9(8(2)11-6)10(3,4)5/h7H,2H2,1,3-6H3. The summed E-state index contributed by atoms with van der Waals surface area (Å²) in [7, 11) is 1.65. The molecular formula is C10H18O. The van der Waals surface area contributed by atoms with Crippen LogP contribution in [0.1, 0.15) is 27.7 Å². The third-order valence-electron chi connectivity index (χ3n) is 1.64. The van der Waals surface area contributed by atoms with Crippen molar-refractivity contribution < 1.29 is 4.74 Å². The molecule has 0 atom stereocenters. The highest BCUT2D eigenvalue weighted by Crippen LogP contribution is 2.30. The highest BCUT2D eigenvalue weighted by molar-refractivity contribution is 5.27. The molecule has 1 nitrogen and oxygen atoms in total. The zero-order valence-electron chi connectivity index (χ0n) is 8.19. The zero-order chi connectivity index (χ0) is 9.07. The van der Waals surface area contributed by atoms with Gasteiger partial charge in [0.15, 0.2) is 0 Å². The molecule has 0 saturated heterocycles. The van der Waals surface area contributed by atoms with Gasteiger partial charge in [0.25, 0.3) is 0 Å². The lowest BCUT2D eigenvalue weighted by Crippen LogP contribution is -2.11. The molecule has 1 heteroatoms. The first-order valence-electron chi connectivity index (χ1n) is 3.83. The van der Waals surface area contributed by atoms with Crippen molar-refractivity contribution in [3.8, 4) is 0 Å². The van der Waals surface area contributed by atoms with E-state index in [4.69, 9.17) is 4.74 Å². The fourth-order valence-electron chi connectivity index (χ4n) is 1.12. The highest BCUT2D eigenvalue weighted by Gasteiger charge is 2.18. The van der Waals surface area contributed by atoms with Gasteiger partial charge in [-0.05, 0) is 17.9 Å². The lowest BCUT2D eigenvalue weighted by molar-refractivity contribution is 0.284. The molecule has 0 aromatic carbocycles. The molecule has 0 radical (unpaired) electrons. The molecule has 0 aromatic heterocycles. The minimum absolute atomic E-state index is 0.127. The Morgan fingerprint density at radius 1 is 1.36 bits per heavy atom. The minimum atomic E-state index is 0.127. The van der Waals surface area contributed by atoms with Crippen molar-refractivity contribution in [2.75, 3.05) is 7.11 Å². The van der Waals surface area contributed by atoms with Crippen molar-refractivity contribution >= 4 is 0 Å². The van der Waals surface area contributed by atoms with Gasteiger partial charge in [0, 0.05) is 0 Å². The summed E-state index contributed by atoms with van der Waals surface area (Å²) in [6, 6.07) is 0. The molecule has 64 valence electrons. The smallest absolute Gasteiger partial charge is 0.115 e. The summed E-state index contributed by atoms with van der Waals surface area (Å²) in [5, 5.41) is 0. The van der Waals surface area contributed by atoms with Crippen molar-refractivity contribution in [1.82, 2.24) is 0 Å². The number of methoxy groups -OCH3 is 1. The van der Waals surface area contributed by atoms with Crippen molar-refractivity contribution in [3.05, 3.63) is 24.0 Å². The van der Waals surface area contributed by atoms with Gasteiger partial charge in [-0.1, -0.05) is 33.4 Å². The van der Waals surface area contributed by atoms with E-state index in [1.807, 2.05) is 13.0 Å². The number of hydrogen-bond donors (Lipinski definition) is 0. The molecule has 0 unspecified atom stereocenters. The number of hydrogen-bond acceptors (Lipinski definition) is 1. The summed E-state index contributed by atoms with van der Waals surface area (Å²) in [5.41, 5.74) is 1.29. The highest BCUT2D eigenvalue weighted by atomic mass is 16.5. The number of rotatable bonds is 2. The molecule has 0 amide bonds. The van der Waals surface area contributed by atoms with Gasteiger partial charge in [-0.3, -0.25) is 0 Å². The Labute approximate surface area is 69.8 Å². The van der Waals surface area contributed by atoms with Gasteiger partial charge in [0.05, 0.1) is 7.11 Å². The van der Waals surface area contributed by atoms with Crippen LogP contribution in [0.3, 0.4) is 0 Å². The lowest BCUT2D eigenvalue weighted by atomic mass is 9.85. The average molecular weight is 154 g/mol. The van der Waals surface area contributed by atoms with Crippen LogP contribution in [0.2, 0.25) is 0 Å². The quantitative estimate of drug-likeness (QED) is 0.438. The van der Waals surface area contributed by atoms with E-state index in [0.717, 1.165) is 5.76 Å². The van der Waals surface area contributed by atoms with Crippen LogP contribution in [0.5, 0.6) is 0 Å². The molecule has 11 heavy (non-hydrogen) atoms. The topological polar surface area (TPSA) is 9.23 Å². The molecule has 0 spiro atoms. The Morgan fingerprint density at radius 2 is 1.82 bits per heavy atom. The summed E-state index contributed by atoms with van der Waals surface area (Å²) < 4.78 is 5.07. The van der Waals surface area contributed by atoms with E-state index in [1.54, 1.807) is 7.11 Å². The van der Waals surface area contributed by atoms with Gasteiger partial charge < -0.3 is 4.74 Å². The maximum Gasteiger partial charge on any atom is 0.115 e. The molecule has 0 heterocycles. The zero-order valence-corrected chi connectivity index (χ0v) is 8.19. The molecule has 0 aliphatic heterocycles. The molecule has 0 aliphatic carbocycles. The van der Waals surface area contributed by atoms with E-state index in [1.165, 1.54) is 5.57 Å². The third kappa shape index (κ3) is 2.79. The van der Waals surface area contributed by atoms with Crippen LogP contribution in [0.25, 0.3) is 0 Å². The van der Waals surface area contributed by atoms with Gasteiger partial charge in [0.1, 0.15) is 5.76 Å². The Hall–Kier alpha value is -0.720. The lowest BCUT2D eigenvalue weighted by Gasteiger charge is -2.23. The largest absolute Gasteiger partial charge is 0.497 e. The molecule has 0 aliphatic rings. The fourth-order valence-corrected chi connectivity index (χ4v) is 1.12. The van der Waals surface area contributed by atoms with E-state index < -0.39 is 0 Å². The summed E-state index contributed by atoms with van der Waals surface area (Å²) >= 11 is 0. The van der Waals surface area contributed by atoms with Crippen molar-refractivity contribution in [3.63, 3.8) is 0 Å². The van der Waals surface area contributed by atoms with E-state index in [-0.39, 0.29) is 5.41 Å². The normalized spacial score (nSPS) is 13.0. The van der Waals surface area contributed by atoms with Crippen LogP contribution >= 0.6 is 0 Å². The van der Waals surface area contributed by atoms with Crippen LogP contribution in [0.15, 0.2) is 24.0 Å². The number of allylic oxidation sites excluding steroid dienone is 2. The van der Waals surface area contributed by atoms with Crippen molar-refractivity contribution in [2.24, 2.45) is 5.41 Å². The minimum Gasteiger partial charge on any atom is -0.497 e.